The van der Waals surface area contributed by atoms with Gasteiger partial charge in [0, 0.05) is 22.9 Å². The van der Waals surface area contributed by atoms with Gasteiger partial charge in [0.15, 0.2) is 16.4 Å². The minimum Gasteiger partial charge on any atom is -0.496 e. The number of ether oxygens (including phenoxy) is 4. The summed E-state index contributed by atoms with van der Waals surface area (Å²) in [4.78, 5) is 12.1. The average molecular weight is 455 g/mol. The molecule has 0 bridgehead atoms. The van der Waals surface area contributed by atoms with Gasteiger partial charge in [-0.1, -0.05) is 12.1 Å². The van der Waals surface area contributed by atoms with Crippen molar-refractivity contribution in [3.8, 4) is 17.2 Å². The van der Waals surface area contributed by atoms with Gasteiger partial charge in [0.2, 0.25) is 0 Å². The van der Waals surface area contributed by atoms with Gasteiger partial charge in [-0.15, -0.1) is 11.3 Å². The van der Waals surface area contributed by atoms with Crippen molar-refractivity contribution < 1.29 is 28.8 Å². The Bertz CT molecular complexity index is 1130. The van der Waals surface area contributed by atoms with Crippen molar-refractivity contribution in [3.63, 3.8) is 0 Å². The Balaban J connectivity index is 1.37. The lowest BCUT2D eigenvalue weighted by molar-refractivity contribution is -0.178. The van der Waals surface area contributed by atoms with E-state index in [4.69, 9.17) is 18.9 Å². The summed E-state index contributed by atoms with van der Waals surface area (Å²) < 4.78 is 24.1. The lowest BCUT2D eigenvalue weighted by Crippen LogP contribution is -2.34. The number of carboxylic acids is 1. The largest absolute Gasteiger partial charge is 0.496 e. The molecule has 1 N–H and O–H groups in total. The van der Waals surface area contributed by atoms with E-state index in [2.05, 4.69) is 12.1 Å². The first-order chi connectivity index (χ1) is 15.5. The van der Waals surface area contributed by atoms with Crippen LogP contribution in [0.5, 0.6) is 17.2 Å². The van der Waals surface area contributed by atoms with Crippen molar-refractivity contribution in [2.75, 3.05) is 20.3 Å². The first-order valence-corrected chi connectivity index (χ1v) is 11.7. The van der Waals surface area contributed by atoms with Crippen LogP contribution in [0.15, 0.2) is 36.4 Å². The van der Waals surface area contributed by atoms with E-state index in [9.17, 15) is 9.90 Å². The Kier molecular flexibility index (Phi) is 5.57. The van der Waals surface area contributed by atoms with E-state index in [1.807, 2.05) is 31.2 Å². The standard InChI is InChI=1S/C25H26O6S/c1-15-13-21-19(14-20(15)28-2)22(23(32-21)24(26)27)31-18-5-3-16(4-6-18)17-7-9-25(10-8-17)29-11-12-30-25/h3-6,13-14,17H,7-12H2,1-2H3,(H,26,27). The molecular weight excluding hydrogens is 428 g/mol. The SMILES string of the molecule is COc1cc2c(Oc3ccc(C4CCC5(CC4)OCCO5)cc3)c(C(=O)O)sc2cc1C. The molecule has 1 saturated heterocycles. The molecule has 0 radical (unpaired) electrons. The molecular formula is C25H26O6S. The monoisotopic (exact) mass is 454 g/mol. The van der Waals surface area contributed by atoms with Gasteiger partial charge in [0.25, 0.3) is 0 Å². The molecule has 1 spiro atoms. The van der Waals surface area contributed by atoms with Crippen molar-refractivity contribution in [3.05, 3.63) is 52.4 Å². The van der Waals surface area contributed by atoms with Gasteiger partial charge in [0.1, 0.15) is 11.5 Å². The number of carboxylic acid groups (broad SMARTS) is 1. The zero-order chi connectivity index (χ0) is 22.3. The summed E-state index contributed by atoms with van der Waals surface area (Å²) in [7, 11) is 1.61. The number of methoxy groups -OCH3 is 1. The lowest BCUT2D eigenvalue weighted by atomic mass is 9.81. The second kappa shape index (κ2) is 8.39. The van der Waals surface area contributed by atoms with Crippen molar-refractivity contribution >= 4 is 27.4 Å². The topological polar surface area (TPSA) is 74.2 Å². The normalized spacial score (nSPS) is 18.3. The smallest absolute Gasteiger partial charge is 0.349 e. The van der Waals surface area contributed by atoms with Crippen LogP contribution < -0.4 is 9.47 Å². The van der Waals surface area contributed by atoms with E-state index in [-0.39, 0.29) is 10.7 Å². The van der Waals surface area contributed by atoms with Gasteiger partial charge in [-0.05, 0) is 61.1 Å². The third kappa shape index (κ3) is 3.85. The summed E-state index contributed by atoms with van der Waals surface area (Å²) in [6.45, 7) is 3.32. The van der Waals surface area contributed by atoms with E-state index in [1.165, 1.54) is 16.9 Å². The molecule has 1 saturated carbocycles. The number of rotatable bonds is 5. The van der Waals surface area contributed by atoms with Gasteiger partial charge >= 0.3 is 5.97 Å². The van der Waals surface area contributed by atoms with Gasteiger partial charge in [-0.3, -0.25) is 0 Å². The highest BCUT2D eigenvalue weighted by Crippen LogP contribution is 2.44. The number of carbonyl (C=O) groups is 1. The maximum Gasteiger partial charge on any atom is 0.349 e. The molecule has 6 nitrogen and oxygen atoms in total. The molecule has 2 fully saturated rings. The molecule has 0 amide bonds. The van der Waals surface area contributed by atoms with Crippen LogP contribution in [0.1, 0.15) is 52.4 Å². The third-order valence-corrected chi connectivity index (χ3v) is 7.61. The molecule has 1 aliphatic carbocycles. The van der Waals surface area contributed by atoms with E-state index in [0.717, 1.165) is 41.3 Å². The number of benzene rings is 2. The molecule has 2 aromatic carbocycles. The predicted octanol–water partition coefficient (Wildman–Crippen LogP) is 6.11. The molecule has 7 heteroatoms. The number of fused-ring (bicyclic) bond motifs is 1. The molecule has 2 heterocycles. The summed E-state index contributed by atoms with van der Waals surface area (Å²) in [6, 6.07) is 11.8. The highest BCUT2D eigenvalue weighted by atomic mass is 32.1. The van der Waals surface area contributed by atoms with Gasteiger partial charge in [-0.2, -0.15) is 0 Å². The van der Waals surface area contributed by atoms with Crippen molar-refractivity contribution in [2.24, 2.45) is 0 Å². The minimum atomic E-state index is -0.998. The summed E-state index contributed by atoms with van der Waals surface area (Å²) >= 11 is 1.22. The number of aryl methyl sites for hydroxylation is 1. The van der Waals surface area contributed by atoms with Crippen LogP contribution in [0.2, 0.25) is 0 Å². The Hall–Kier alpha value is -2.61. The number of hydrogen-bond acceptors (Lipinski definition) is 6. The van der Waals surface area contributed by atoms with E-state index in [0.29, 0.717) is 36.4 Å². The average Bonchev–Trinajstić information content (AvgIpc) is 3.39. The van der Waals surface area contributed by atoms with Crippen molar-refractivity contribution in [1.82, 2.24) is 0 Å². The summed E-state index contributed by atoms with van der Waals surface area (Å²) in [5.41, 5.74) is 2.22. The highest BCUT2D eigenvalue weighted by Gasteiger charge is 2.40. The zero-order valence-electron chi connectivity index (χ0n) is 18.2. The molecule has 0 unspecified atom stereocenters. The molecule has 3 aromatic rings. The van der Waals surface area contributed by atoms with Crippen LogP contribution in [0, 0.1) is 6.92 Å². The third-order valence-electron chi connectivity index (χ3n) is 6.49. The molecule has 32 heavy (non-hydrogen) atoms. The van der Waals surface area contributed by atoms with Gasteiger partial charge < -0.3 is 24.1 Å². The van der Waals surface area contributed by atoms with Crippen LogP contribution in [-0.2, 0) is 9.47 Å². The number of hydrogen-bond donors (Lipinski definition) is 1. The molecule has 168 valence electrons. The summed E-state index contributed by atoms with van der Waals surface area (Å²) in [6.07, 6.45) is 3.88. The quantitative estimate of drug-likeness (QED) is 0.501. The predicted molar refractivity (Wildman–Crippen MR) is 122 cm³/mol. The number of thiophene rings is 1. The van der Waals surface area contributed by atoms with Crippen molar-refractivity contribution in [2.45, 2.75) is 44.3 Å². The lowest BCUT2D eigenvalue weighted by Gasteiger charge is -2.35. The highest BCUT2D eigenvalue weighted by molar-refractivity contribution is 7.21. The van der Waals surface area contributed by atoms with Crippen LogP contribution in [0.4, 0.5) is 0 Å². The zero-order valence-corrected chi connectivity index (χ0v) is 19.0. The Morgan fingerprint density at radius 2 is 1.81 bits per heavy atom. The fraction of sp³-hybridized carbons (Fsp3) is 0.400. The summed E-state index contributed by atoms with van der Waals surface area (Å²) in [5.74, 6) is 0.793. The van der Waals surface area contributed by atoms with Crippen molar-refractivity contribution in [1.29, 1.82) is 0 Å². The fourth-order valence-electron chi connectivity index (χ4n) is 4.77. The van der Waals surface area contributed by atoms with Crippen LogP contribution >= 0.6 is 11.3 Å². The maximum atomic E-state index is 11.9. The van der Waals surface area contributed by atoms with E-state index >= 15 is 0 Å². The molecule has 0 atom stereocenters. The number of aromatic carboxylic acids is 1. The fourth-order valence-corrected chi connectivity index (χ4v) is 5.82. The van der Waals surface area contributed by atoms with Crippen LogP contribution in [0.3, 0.4) is 0 Å². The van der Waals surface area contributed by atoms with Gasteiger partial charge in [-0.25, -0.2) is 4.79 Å². The van der Waals surface area contributed by atoms with Crippen LogP contribution in [0.25, 0.3) is 10.1 Å². The van der Waals surface area contributed by atoms with E-state index < -0.39 is 5.97 Å². The molecule has 5 rings (SSSR count). The van der Waals surface area contributed by atoms with E-state index in [1.54, 1.807) is 7.11 Å². The van der Waals surface area contributed by atoms with Crippen LogP contribution in [-0.4, -0.2) is 37.2 Å². The Morgan fingerprint density at radius 1 is 1.12 bits per heavy atom. The molecule has 1 aliphatic heterocycles. The summed E-state index contributed by atoms with van der Waals surface area (Å²) in [5, 5.41) is 10.5. The molecule has 2 aliphatic rings. The van der Waals surface area contributed by atoms with Gasteiger partial charge in [0.05, 0.1) is 20.3 Å². The Morgan fingerprint density at radius 3 is 2.44 bits per heavy atom. The Labute approximate surface area is 190 Å². The first kappa shape index (κ1) is 21.2. The second-order valence-corrected chi connectivity index (χ2v) is 9.49. The minimum absolute atomic E-state index is 0.186. The molecule has 1 aromatic heterocycles. The first-order valence-electron chi connectivity index (χ1n) is 10.9. The maximum absolute atomic E-state index is 11.9. The second-order valence-electron chi connectivity index (χ2n) is 8.44.